The van der Waals surface area contributed by atoms with Gasteiger partial charge in [-0.2, -0.15) is 0 Å². The van der Waals surface area contributed by atoms with Crippen LogP contribution in [0, 0.1) is 0 Å². The molecule has 1 saturated heterocycles. The molecule has 0 radical (unpaired) electrons. The number of rotatable bonds is 3. The van der Waals surface area contributed by atoms with Gasteiger partial charge in [0.15, 0.2) is 11.5 Å². The van der Waals surface area contributed by atoms with E-state index < -0.39 is 5.97 Å². The number of carboxylic acids is 1. The van der Waals surface area contributed by atoms with E-state index in [-0.39, 0.29) is 24.0 Å². The normalized spacial score (nSPS) is 16.1. The number of hydrogen-bond donors (Lipinski definition) is 3. The summed E-state index contributed by atoms with van der Waals surface area (Å²) in [5.74, 6) is -1.73. The third-order valence-corrected chi connectivity index (χ3v) is 3.24. The predicted octanol–water partition coefficient (Wildman–Crippen LogP) is -0.0598. The molecule has 0 saturated carbocycles. The van der Waals surface area contributed by atoms with E-state index in [0.717, 1.165) is 0 Å². The van der Waals surface area contributed by atoms with Crippen LogP contribution in [-0.2, 0) is 4.79 Å². The summed E-state index contributed by atoms with van der Waals surface area (Å²) in [6, 6.07) is 3.94. The standard InChI is InChI=1S/C13H16N2O5/c16-10-2-1-9(7-11(10)17)13(20)15-5-3-14(4-6-15)8-12(18)19/h1-2,7,16-17H,3-6,8H2,(H,18,19). The first-order valence-electron chi connectivity index (χ1n) is 6.23. The van der Waals surface area contributed by atoms with Crippen LogP contribution in [0.2, 0.25) is 0 Å². The maximum atomic E-state index is 12.2. The van der Waals surface area contributed by atoms with E-state index >= 15 is 0 Å². The first-order chi connectivity index (χ1) is 9.47. The molecule has 0 spiro atoms. The molecule has 1 aliphatic heterocycles. The molecule has 0 atom stereocenters. The van der Waals surface area contributed by atoms with E-state index in [1.165, 1.54) is 18.2 Å². The molecule has 0 aromatic heterocycles. The van der Waals surface area contributed by atoms with Crippen molar-refractivity contribution in [3.05, 3.63) is 23.8 Å². The highest BCUT2D eigenvalue weighted by Crippen LogP contribution is 2.25. The lowest BCUT2D eigenvalue weighted by Gasteiger charge is -2.33. The molecule has 108 valence electrons. The molecule has 2 rings (SSSR count). The number of amides is 1. The summed E-state index contributed by atoms with van der Waals surface area (Å²) < 4.78 is 0. The van der Waals surface area contributed by atoms with Gasteiger partial charge in [-0.05, 0) is 18.2 Å². The number of aliphatic carboxylic acids is 1. The second-order valence-electron chi connectivity index (χ2n) is 4.67. The zero-order valence-electron chi connectivity index (χ0n) is 10.8. The molecular formula is C13H16N2O5. The van der Waals surface area contributed by atoms with Crippen molar-refractivity contribution in [1.29, 1.82) is 0 Å². The van der Waals surface area contributed by atoms with Gasteiger partial charge in [0.2, 0.25) is 0 Å². The molecule has 1 amide bonds. The first kappa shape index (κ1) is 14.1. The Balaban J connectivity index is 1.97. The molecule has 1 fully saturated rings. The molecule has 7 nitrogen and oxygen atoms in total. The molecule has 1 heterocycles. The van der Waals surface area contributed by atoms with Gasteiger partial charge < -0.3 is 20.2 Å². The van der Waals surface area contributed by atoms with Crippen LogP contribution in [0.15, 0.2) is 18.2 Å². The number of hydrogen-bond acceptors (Lipinski definition) is 5. The van der Waals surface area contributed by atoms with Crippen LogP contribution in [0.3, 0.4) is 0 Å². The maximum absolute atomic E-state index is 12.2. The molecule has 0 bridgehead atoms. The van der Waals surface area contributed by atoms with Gasteiger partial charge in [0, 0.05) is 31.7 Å². The second-order valence-corrected chi connectivity index (χ2v) is 4.67. The fraction of sp³-hybridized carbons (Fsp3) is 0.385. The average molecular weight is 280 g/mol. The number of carbonyl (C=O) groups is 2. The van der Waals surface area contributed by atoms with Crippen molar-refractivity contribution in [2.75, 3.05) is 32.7 Å². The molecule has 7 heteroatoms. The Morgan fingerprint density at radius 1 is 1.05 bits per heavy atom. The van der Waals surface area contributed by atoms with Gasteiger partial charge in [0.05, 0.1) is 6.54 Å². The zero-order chi connectivity index (χ0) is 14.7. The van der Waals surface area contributed by atoms with Crippen molar-refractivity contribution in [2.45, 2.75) is 0 Å². The summed E-state index contributed by atoms with van der Waals surface area (Å²) in [6.45, 7) is 1.85. The molecule has 1 aromatic rings. The largest absolute Gasteiger partial charge is 0.504 e. The fourth-order valence-corrected chi connectivity index (χ4v) is 2.14. The summed E-state index contributed by atoms with van der Waals surface area (Å²) in [4.78, 5) is 26.2. The second kappa shape index (κ2) is 5.79. The van der Waals surface area contributed by atoms with Gasteiger partial charge in [0.1, 0.15) is 0 Å². The van der Waals surface area contributed by atoms with E-state index in [9.17, 15) is 19.8 Å². The van der Waals surface area contributed by atoms with E-state index in [1.807, 2.05) is 0 Å². The van der Waals surface area contributed by atoms with E-state index in [1.54, 1.807) is 9.80 Å². The van der Waals surface area contributed by atoms with Crippen LogP contribution < -0.4 is 0 Å². The van der Waals surface area contributed by atoms with Crippen molar-refractivity contribution < 1.29 is 24.9 Å². The lowest BCUT2D eigenvalue weighted by Crippen LogP contribution is -2.49. The first-order valence-corrected chi connectivity index (χ1v) is 6.23. The van der Waals surface area contributed by atoms with Gasteiger partial charge >= 0.3 is 5.97 Å². The number of piperazine rings is 1. The summed E-state index contributed by atoms with van der Waals surface area (Å²) >= 11 is 0. The van der Waals surface area contributed by atoms with Crippen LogP contribution in [0.5, 0.6) is 11.5 Å². The monoisotopic (exact) mass is 280 g/mol. The molecule has 20 heavy (non-hydrogen) atoms. The maximum Gasteiger partial charge on any atom is 0.317 e. The molecule has 1 aromatic carbocycles. The van der Waals surface area contributed by atoms with Crippen LogP contribution in [-0.4, -0.2) is 69.7 Å². The quantitative estimate of drug-likeness (QED) is 0.671. The highest BCUT2D eigenvalue weighted by atomic mass is 16.4. The topological polar surface area (TPSA) is 101 Å². The van der Waals surface area contributed by atoms with Crippen LogP contribution in [0.1, 0.15) is 10.4 Å². The summed E-state index contributed by atoms with van der Waals surface area (Å²) in [7, 11) is 0. The Labute approximate surface area is 115 Å². The zero-order valence-corrected chi connectivity index (χ0v) is 10.8. The van der Waals surface area contributed by atoms with Gasteiger partial charge in [-0.1, -0.05) is 0 Å². The van der Waals surface area contributed by atoms with Crippen molar-refractivity contribution in [1.82, 2.24) is 9.80 Å². The Morgan fingerprint density at radius 2 is 1.70 bits per heavy atom. The Morgan fingerprint density at radius 3 is 2.25 bits per heavy atom. The number of phenolic OH excluding ortho intramolecular Hbond substituents is 2. The van der Waals surface area contributed by atoms with Crippen molar-refractivity contribution in [3.8, 4) is 11.5 Å². The Bertz CT molecular complexity index is 523. The minimum absolute atomic E-state index is 0.0258. The third kappa shape index (κ3) is 3.18. The number of carboxylic acid groups (broad SMARTS) is 1. The number of phenols is 2. The van der Waals surface area contributed by atoms with Crippen LogP contribution in [0.4, 0.5) is 0 Å². The average Bonchev–Trinajstić information content (AvgIpc) is 2.41. The number of aromatic hydroxyl groups is 2. The van der Waals surface area contributed by atoms with Crippen molar-refractivity contribution in [3.63, 3.8) is 0 Å². The van der Waals surface area contributed by atoms with Gasteiger partial charge in [-0.25, -0.2) is 0 Å². The van der Waals surface area contributed by atoms with E-state index in [2.05, 4.69) is 0 Å². The van der Waals surface area contributed by atoms with Crippen molar-refractivity contribution >= 4 is 11.9 Å². The summed E-state index contributed by atoms with van der Waals surface area (Å²) in [5.41, 5.74) is 0.298. The third-order valence-electron chi connectivity index (χ3n) is 3.24. The Kier molecular flexibility index (Phi) is 4.09. The smallest absolute Gasteiger partial charge is 0.317 e. The lowest BCUT2D eigenvalue weighted by molar-refractivity contribution is -0.138. The fourth-order valence-electron chi connectivity index (χ4n) is 2.14. The molecule has 0 unspecified atom stereocenters. The number of carbonyl (C=O) groups excluding carboxylic acids is 1. The molecule has 0 aliphatic carbocycles. The molecular weight excluding hydrogens is 264 g/mol. The number of nitrogens with zero attached hydrogens (tertiary/aromatic N) is 2. The minimum atomic E-state index is -0.881. The van der Waals surface area contributed by atoms with Gasteiger partial charge in [0.25, 0.3) is 5.91 Å². The predicted molar refractivity (Wildman–Crippen MR) is 69.8 cm³/mol. The van der Waals surface area contributed by atoms with E-state index in [0.29, 0.717) is 31.7 Å². The molecule has 1 aliphatic rings. The number of benzene rings is 1. The lowest BCUT2D eigenvalue weighted by atomic mass is 10.1. The minimum Gasteiger partial charge on any atom is -0.504 e. The summed E-state index contributed by atoms with van der Waals surface area (Å²) in [5, 5.41) is 27.3. The van der Waals surface area contributed by atoms with Crippen molar-refractivity contribution in [2.24, 2.45) is 0 Å². The van der Waals surface area contributed by atoms with E-state index in [4.69, 9.17) is 5.11 Å². The highest BCUT2D eigenvalue weighted by Gasteiger charge is 2.23. The highest BCUT2D eigenvalue weighted by molar-refractivity contribution is 5.95. The Hall–Kier alpha value is -2.28. The van der Waals surface area contributed by atoms with Crippen LogP contribution >= 0.6 is 0 Å². The SMILES string of the molecule is O=C(O)CN1CCN(C(=O)c2ccc(O)c(O)c2)CC1. The van der Waals surface area contributed by atoms with Crippen LogP contribution in [0.25, 0.3) is 0 Å². The molecule has 3 N–H and O–H groups in total. The van der Waals surface area contributed by atoms with Gasteiger partial charge in [-0.3, -0.25) is 14.5 Å². The van der Waals surface area contributed by atoms with Gasteiger partial charge in [-0.15, -0.1) is 0 Å². The summed E-state index contributed by atoms with van der Waals surface area (Å²) in [6.07, 6.45) is 0.